The Morgan fingerprint density at radius 2 is 2.24 bits per heavy atom. The Morgan fingerprint density at radius 1 is 1.48 bits per heavy atom. The molecule has 0 bridgehead atoms. The van der Waals surface area contributed by atoms with E-state index in [1.165, 1.54) is 0 Å². The van der Waals surface area contributed by atoms with Crippen molar-refractivity contribution in [1.82, 2.24) is 19.4 Å². The van der Waals surface area contributed by atoms with Gasteiger partial charge in [-0.1, -0.05) is 13.8 Å². The first-order valence-corrected chi connectivity index (χ1v) is 8.93. The van der Waals surface area contributed by atoms with Crippen LogP contribution in [0.1, 0.15) is 32.1 Å². The van der Waals surface area contributed by atoms with Crippen LogP contribution in [0.2, 0.25) is 0 Å². The summed E-state index contributed by atoms with van der Waals surface area (Å²) in [5.41, 5.74) is 0. The lowest BCUT2D eigenvalue weighted by Crippen LogP contribution is -2.52. The molecule has 118 valence electrons. The Labute approximate surface area is 131 Å². The Morgan fingerprint density at radius 3 is 2.76 bits per heavy atom. The average Bonchev–Trinajstić information content (AvgIpc) is 2.93. The van der Waals surface area contributed by atoms with Gasteiger partial charge < -0.3 is 9.47 Å². The predicted molar refractivity (Wildman–Crippen MR) is 87.4 cm³/mol. The summed E-state index contributed by atoms with van der Waals surface area (Å²) in [5.74, 6) is 1.33. The van der Waals surface area contributed by atoms with Crippen molar-refractivity contribution in [3.8, 4) is 0 Å². The molecule has 2 rings (SSSR count). The summed E-state index contributed by atoms with van der Waals surface area (Å²) < 4.78 is 2.06. The number of aromatic nitrogens is 2. The smallest absolute Gasteiger partial charge is 0.235 e. The minimum Gasteiger partial charge on any atom is -0.338 e. The molecule has 1 aromatic rings. The fourth-order valence-electron chi connectivity index (χ4n) is 2.99. The number of hydrogen-bond acceptors (Lipinski definition) is 4. The minimum absolute atomic E-state index is 0.0835. The zero-order valence-corrected chi connectivity index (χ0v) is 14.3. The second-order valence-corrected chi connectivity index (χ2v) is 6.50. The normalized spacial score (nSPS) is 21.5. The second kappa shape index (κ2) is 7.31. The fourth-order valence-corrected chi connectivity index (χ4v) is 3.67. The molecule has 0 unspecified atom stereocenters. The molecule has 0 aromatic carbocycles. The molecule has 1 amide bonds. The number of nitrogens with zero attached hydrogens (tertiary/aromatic N) is 4. The van der Waals surface area contributed by atoms with Crippen molar-refractivity contribution in [1.29, 1.82) is 0 Å². The number of imidazole rings is 1. The van der Waals surface area contributed by atoms with Crippen LogP contribution in [-0.4, -0.2) is 62.9 Å². The summed E-state index contributed by atoms with van der Waals surface area (Å²) in [6, 6.07) is 0.201. The standard InChI is InChI=1S/C15H26N4OS/c1-5-13(21-4)15(20)19-10-9-18(6-2)12(11-19)14-16-7-8-17(14)3/h7-8,12-13H,5-6,9-11H2,1-4H3/t12-,13+/m1/s1. The van der Waals surface area contributed by atoms with Gasteiger partial charge in [-0.25, -0.2) is 4.98 Å². The molecule has 2 heterocycles. The number of carbonyl (C=O) groups excluding carboxylic acids is 1. The first-order chi connectivity index (χ1) is 10.1. The first kappa shape index (κ1) is 16.4. The van der Waals surface area contributed by atoms with Crippen LogP contribution in [0.3, 0.4) is 0 Å². The average molecular weight is 310 g/mol. The summed E-state index contributed by atoms with van der Waals surface area (Å²) in [6.07, 6.45) is 6.72. The van der Waals surface area contributed by atoms with Gasteiger partial charge in [0.05, 0.1) is 11.3 Å². The van der Waals surface area contributed by atoms with Gasteiger partial charge in [0.1, 0.15) is 5.82 Å². The zero-order chi connectivity index (χ0) is 15.4. The van der Waals surface area contributed by atoms with E-state index in [0.29, 0.717) is 0 Å². The highest BCUT2D eigenvalue weighted by atomic mass is 32.2. The van der Waals surface area contributed by atoms with Gasteiger partial charge in [0.15, 0.2) is 0 Å². The zero-order valence-electron chi connectivity index (χ0n) is 13.5. The number of aryl methyl sites for hydroxylation is 1. The summed E-state index contributed by atoms with van der Waals surface area (Å²) in [5, 5.41) is 0.0835. The van der Waals surface area contributed by atoms with E-state index < -0.39 is 0 Å². The third-order valence-corrected chi connectivity index (χ3v) is 5.40. The Bertz CT molecular complexity index is 472. The van der Waals surface area contributed by atoms with Crippen LogP contribution in [-0.2, 0) is 11.8 Å². The monoisotopic (exact) mass is 310 g/mol. The molecule has 6 heteroatoms. The molecule has 1 saturated heterocycles. The quantitative estimate of drug-likeness (QED) is 0.831. The maximum Gasteiger partial charge on any atom is 0.235 e. The van der Waals surface area contributed by atoms with E-state index in [4.69, 9.17) is 0 Å². The molecule has 0 radical (unpaired) electrons. The number of hydrogen-bond donors (Lipinski definition) is 0. The molecule has 5 nitrogen and oxygen atoms in total. The van der Waals surface area contributed by atoms with Crippen LogP contribution in [0, 0.1) is 0 Å². The van der Waals surface area contributed by atoms with Crippen LogP contribution < -0.4 is 0 Å². The largest absolute Gasteiger partial charge is 0.338 e. The van der Waals surface area contributed by atoms with Crippen molar-refractivity contribution in [2.24, 2.45) is 7.05 Å². The van der Waals surface area contributed by atoms with Gasteiger partial charge in [0.25, 0.3) is 0 Å². The maximum atomic E-state index is 12.6. The molecule has 1 aliphatic rings. The fraction of sp³-hybridized carbons (Fsp3) is 0.733. The predicted octanol–water partition coefficient (Wildman–Crippen LogP) is 1.77. The number of likely N-dealkylation sites (N-methyl/N-ethyl adjacent to an activating group) is 1. The van der Waals surface area contributed by atoms with Crippen molar-refractivity contribution in [3.05, 3.63) is 18.2 Å². The highest BCUT2D eigenvalue weighted by Crippen LogP contribution is 2.25. The van der Waals surface area contributed by atoms with Crippen LogP contribution in [0.4, 0.5) is 0 Å². The van der Waals surface area contributed by atoms with Crippen molar-refractivity contribution in [2.45, 2.75) is 31.6 Å². The number of piperazine rings is 1. The number of rotatable bonds is 5. The lowest BCUT2D eigenvalue weighted by Gasteiger charge is -2.41. The van der Waals surface area contributed by atoms with Crippen molar-refractivity contribution >= 4 is 17.7 Å². The van der Waals surface area contributed by atoms with Gasteiger partial charge in [-0.2, -0.15) is 11.8 Å². The van der Waals surface area contributed by atoms with Gasteiger partial charge in [0, 0.05) is 39.1 Å². The van der Waals surface area contributed by atoms with E-state index in [0.717, 1.165) is 38.4 Å². The maximum absolute atomic E-state index is 12.6. The van der Waals surface area contributed by atoms with Gasteiger partial charge in [0.2, 0.25) is 5.91 Å². The van der Waals surface area contributed by atoms with Crippen LogP contribution >= 0.6 is 11.8 Å². The summed E-state index contributed by atoms with van der Waals surface area (Å²) in [4.78, 5) is 21.5. The van der Waals surface area contributed by atoms with E-state index in [1.807, 2.05) is 30.6 Å². The van der Waals surface area contributed by atoms with Crippen LogP contribution in [0.15, 0.2) is 12.4 Å². The second-order valence-electron chi connectivity index (χ2n) is 5.46. The molecule has 0 spiro atoms. The summed E-state index contributed by atoms with van der Waals surface area (Å²) in [7, 11) is 2.02. The number of amides is 1. The molecule has 2 atom stereocenters. The highest BCUT2D eigenvalue weighted by molar-refractivity contribution is 7.99. The van der Waals surface area contributed by atoms with E-state index in [9.17, 15) is 4.79 Å². The molecule has 1 aliphatic heterocycles. The highest BCUT2D eigenvalue weighted by Gasteiger charge is 2.33. The number of carbonyl (C=O) groups is 1. The third kappa shape index (κ3) is 3.43. The van der Waals surface area contributed by atoms with E-state index in [1.54, 1.807) is 11.8 Å². The molecule has 21 heavy (non-hydrogen) atoms. The first-order valence-electron chi connectivity index (χ1n) is 7.65. The van der Waals surface area contributed by atoms with E-state index in [-0.39, 0.29) is 17.2 Å². The van der Waals surface area contributed by atoms with Crippen LogP contribution in [0.5, 0.6) is 0 Å². The van der Waals surface area contributed by atoms with Crippen molar-refractivity contribution in [2.75, 3.05) is 32.4 Å². The van der Waals surface area contributed by atoms with E-state index in [2.05, 4.69) is 28.3 Å². The Balaban J connectivity index is 2.16. The number of thioether (sulfide) groups is 1. The minimum atomic E-state index is 0.0835. The molecule has 1 aromatic heterocycles. The summed E-state index contributed by atoms with van der Waals surface area (Å²) >= 11 is 1.65. The van der Waals surface area contributed by atoms with E-state index >= 15 is 0 Å². The van der Waals surface area contributed by atoms with Crippen molar-refractivity contribution in [3.63, 3.8) is 0 Å². The van der Waals surface area contributed by atoms with Gasteiger partial charge in [-0.3, -0.25) is 9.69 Å². The Kier molecular flexibility index (Phi) is 5.70. The molecular weight excluding hydrogens is 284 g/mol. The molecule has 0 aliphatic carbocycles. The Hall–Kier alpha value is -1.01. The van der Waals surface area contributed by atoms with Crippen molar-refractivity contribution < 1.29 is 4.79 Å². The molecule has 1 fully saturated rings. The third-order valence-electron chi connectivity index (χ3n) is 4.30. The van der Waals surface area contributed by atoms with Crippen LogP contribution in [0.25, 0.3) is 0 Å². The SMILES string of the molecule is CC[C@H](SC)C(=O)N1CCN(CC)[C@@H](c2nccn2C)C1. The molecular formula is C15H26N4OS. The topological polar surface area (TPSA) is 41.4 Å². The van der Waals surface area contributed by atoms with Gasteiger partial charge in [-0.15, -0.1) is 0 Å². The lowest BCUT2D eigenvalue weighted by atomic mass is 10.1. The summed E-state index contributed by atoms with van der Waals surface area (Å²) in [6.45, 7) is 7.73. The molecule has 0 saturated carbocycles. The van der Waals surface area contributed by atoms with Gasteiger partial charge in [-0.05, 0) is 19.2 Å². The lowest BCUT2D eigenvalue weighted by molar-refractivity contribution is -0.133. The molecule has 0 N–H and O–H groups in total. The van der Waals surface area contributed by atoms with Gasteiger partial charge >= 0.3 is 0 Å².